The van der Waals surface area contributed by atoms with Crippen LogP contribution in [0.15, 0.2) is 4.99 Å². The summed E-state index contributed by atoms with van der Waals surface area (Å²) < 4.78 is 5.36. The Morgan fingerprint density at radius 1 is 1.47 bits per heavy atom. The summed E-state index contributed by atoms with van der Waals surface area (Å²) in [6.45, 7) is 5.86. The zero-order valence-electron chi connectivity index (χ0n) is 11.4. The number of hydrogen-bond donors (Lipinski definition) is 2. The molecule has 1 heterocycles. The van der Waals surface area contributed by atoms with E-state index >= 15 is 0 Å². The fraction of sp³-hybridized carbons (Fsp3) is 0.917. The molecule has 4 nitrogen and oxygen atoms in total. The molecule has 5 heteroatoms. The normalized spacial score (nSPS) is 21.6. The molecule has 0 spiro atoms. The SMILES string of the molecule is CN=C(NCC1CCCS1)NCC(C)(C)OC. The highest BCUT2D eigenvalue weighted by atomic mass is 32.2. The maximum Gasteiger partial charge on any atom is 0.191 e. The van der Waals surface area contributed by atoms with Gasteiger partial charge in [-0.15, -0.1) is 0 Å². The van der Waals surface area contributed by atoms with Crippen LogP contribution in [0.3, 0.4) is 0 Å². The predicted molar refractivity (Wildman–Crippen MR) is 75.9 cm³/mol. The van der Waals surface area contributed by atoms with Crippen LogP contribution in [0.1, 0.15) is 26.7 Å². The first-order valence-electron chi connectivity index (χ1n) is 6.18. The summed E-state index contributed by atoms with van der Waals surface area (Å²) in [4.78, 5) is 4.22. The first kappa shape index (κ1) is 14.6. The molecule has 1 aliphatic rings. The minimum Gasteiger partial charge on any atom is -0.377 e. The van der Waals surface area contributed by atoms with Crippen LogP contribution in [-0.2, 0) is 4.74 Å². The van der Waals surface area contributed by atoms with Gasteiger partial charge in [0.1, 0.15) is 0 Å². The van der Waals surface area contributed by atoms with Crippen molar-refractivity contribution >= 4 is 17.7 Å². The van der Waals surface area contributed by atoms with Gasteiger partial charge < -0.3 is 15.4 Å². The molecule has 0 bridgehead atoms. The number of methoxy groups -OCH3 is 1. The summed E-state index contributed by atoms with van der Waals surface area (Å²) in [6.07, 6.45) is 2.66. The maximum absolute atomic E-state index is 5.36. The lowest BCUT2D eigenvalue weighted by Gasteiger charge is -2.24. The summed E-state index contributed by atoms with van der Waals surface area (Å²) >= 11 is 2.05. The number of thioether (sulfide) groups is 1. The van der Waals surface area contributed by atoms with Gasteiger partial charge in [0.2, 0.25) is 0 Å². The second kappa shape index (κ2) is 7.11. The Balaban J connectivity index is 2.24. The fourth-order valence-corrected chi connectivity index (χ4v) is 2.81. The lowest BCUT2D eigenvalue weighted by molar-refractivity contribution is 0.0268. The Labute approximate surface area is 109 Å². The van der Waals surface area contributed by atoms with Crippen molar-refractivity contribution in [2.75, 3.05) is 33.0 Å². The van der Waals surface area contributed by atoms with Gasteiger partial charge in [0, 0.05) is 32.5 Å². The van der Waals surface area contributed by atoms with Gasteiger partial charge in [0.05, 0.1) is 5.60 Å². The Morgan fingerprint density at radius 2 is 2.24 bits per heavy atom. The van der Waals surface area contributed by atoms with E-state index < -0.39 is 0 Å². The molecule has 1 unspecified atom stereocenters. The topological polar surface area (TPSA) is 45.7 Å². The summed E-state index contributed by atoms with van der Waals surface area (Å²) in [5.74, 6) is 2.16. The molecule has 17 heavy (non-hydrogen) atoms. The van der Waals surface area contributed by atoms with E-state index in [1.165, 1.54) is 18.6 Å². The number of aliphatic imine (C=N–C) groups is 1. The largest absolute Gasteiger partial charge is 0.377 e. The van der Waals surface area contributed by atoms with Crippen molar-refractivity contribution in [2.24, 2.45) is 4.99 Å². The highest BCUT2D eigenvalue weighted by molar-refractivity contribution is 8.00. The number of rotatable bonds is 5. The van der Waals surface area contributed by atoms with E-state index in [2.05, 4.69) is 41.2 Å². The number of nitrogens with one attached hydrogen (secondary N) is 2. The standard InChI is InChI=1S/C12H25N3OS/c1-12(2,16-4)9-15-11(13-3)14-8-10-6-5-7-17-10/h10H,5-9H2,1-4H3,(H2,13,14,15). The van der Waals surface area contributed by atoms with Crippen molar-refractivity contribution in [3.05, 3.63) is 0 Å². The van der Waals surface area contributed by atoms with Gasteiger partial charge in [-0.1, -0.05) is 0 Å². The summed E-state index contributed by atoms with van der Waals surface area (Å²) in [5, 5.41) is 7.40. The molecule has 0 aromatic heterocycles. The molecule has 0 amide bonds. The molecule has 2 N–H and O–H groups in total. The molecule has 1 fully saturated rings. The Bertz CT molecular complexity index is 250. The third kappa shape index (κ3) is 5.64. The molecule has 0 aromatic carbocycles. The second-order valence-corrected chi connectivity index (χ2v) is 6.31. The molecule has 0 aliphatic carbocycles. The van der Waals surface area contributed by atoms with E-state index in [1.807, 2.05) is 0 Å². The number of ether oxygens (including phenoxy) is 1. The van der Waals surface area contributed by atoms with Gasteiger partial charge in [-0.05, 0) is 32.4 Å². The maximum atomic E-state index is 5.36. The second-order valence-electron chi connectivity index (χ2n) is 4.91. The van der Waals surface area contributed by atoms with E-state index in [0.29, 0.717) is 0 Å². The third-order valence-electron chi connectivity index (χ3n) is 2.98. The monoisotopic (exact) mass is 259 g/mol. The van der Waals surface area contributed by atoms with Crippen molar-refractivity contribution < 1.29 is 4.74 Å². The molecular weight excluding hydrogens is 234 g/mol. The zero-order chi connectivity index (χ0) is 12.7. The number of hydrogen-bond acceptors (Lipinski definition) is 3. The van der Waals surface area contributed by atoms with E-state index in [1.54, 1.807) is 14.2 Å². The fourth-order valence-electron chi connectivity index (χ4n) is 1.61. The van der Waals surface area contributed by atoms with Crippen LogP contribution in [0.2, 0.25) is 0 Å². The molecule has 0 aromatic rings. The first-order chi connectivity index (χ1) is 8.07. The van der Waals surface area contributed by atoms with Crippen molar-refractivity contribution in [3.63, 3.8) is 0 Å². The van der Waals surface area contributed by atoms with E-state index in [9.17, 15) is 0 Å². The van der Waals surface area contributed by atoms with Crippen LogP contribution >= 0.6 is 11.8 Å². The lowest BCUT2D eigenvalue weighted by Crippen LogP contribution is -2.46. The zero-order valence-corrected chi connectivity index (χ0v) is 12.2. The number of guanidine groups is 1. The van der Waals surface area contributed by atoms with Gasteiger partial charge in [0.15, 0.2) is 5.96 Å². The van der Waals surface area contributed by atoms with Gasteiger partial charge in [0.25, 0.3) is 0 Å². The van der Waals surface area contributed by atoms with Gasteiger partial charge >= 0.3 is 0 Å². The van der Waals surface area contributed by atoms with Crippen LogP contribution in [0.5, 0.6) is 0 Å². The average Bonchev–Trinajstić information content (AvgIpc) is 2.82. The minimum atomic E-state index is -0.167. The van der Waals surface area contributed by atoms with Crippen LogP contribution < -0.4 is 10.6 Å². The molecule has 1 atom stereocenters. The van der Waals surface area contributed by atoms with Crippen molar-refractivity contribution in [3.8, 4) is 0 Å². The van der Waals surface area contributed by atoms with Gasteiger partial charge in [-0.25, -0.2) is 0 Å². The Kier molecular flexibility index (Phi) is 6.12. The molecular formula is C12H25N3OS. The van der Waals surface area contributed by atoms with E-state index in [-0.39, 0.29) is 5.60 Å². The van der Waals surface area contributed by atoms with Crippen LogP contribution in [0.4, 0.5) is 0 Å². The highest BCUT2D eigenvalue weighted by Crippen LogP contribution is 2.25. The molecule has 0 saturated carbocycles. The van der Waals surface area contributed by atoms with Crippen LogP contribution in [0.25, 0.3) is 0 Å². The predicted octanol–water partition coefficient (Wildman–Crippen LogP) is 1.47. The molecule has 100 valence electrons. The van der Waals surface area contributed by atoms with Crippen molar-refractivity contribution in [1.29, 1.82) is 0 Å². The summed E-state index contributed by atoms with van der Waals surface area (Å²) in [6, 6.07) is 0. The van der Waals surface area contributed by atoms with E-state index in [4.69, 9.17) is 4.74 Å². The Hall–Kier alpha value is -0.420. The van der Waals surface area contributed by atoms with Crippen LogP contribution in [-0.4, -0.2) is 49.8 Å². The molecule has 1 aliphatic heterocycles. The third-order valence-corrected chi connectivity index (χ3v) is 4.38. The molecule has 1 saturated heterocycles. The average molecular weight is 259 g/mol. The smallest absolute Gasteiger partial charge is 0.191 e. The van der Waals surface area contributed by atoms with Gasteiger partial charge in [-0.2, -0.15) is 11.8 Å². The molecule has 0 radical (unpaired) electrons. The van der Waals surface area contributed by atoms with Crippen molar-refractivity contribution in [1.82, 2.24) is 10.6 Å². The van der Waals surface area contributed by atoms with Crippen molar-refractivity contribution in [2.45, 2.75) is 37.5 Å². The minimum absolute atomic E-state index is 0.167. The highest BCUT2D eigenvalue weighted by Gasteiger charge is 2.18. The van der Waals surface area contributed by atoms with E-state index in [0.717, 1.165) is 24.3 Å². The summed E-state index contributed by atoms with van der Waals surface area (Å²) in [7, 11) is 3.53. The quantitative estimate of drug-likeness (QED) is 0.580. The van der Waals surface area contributed by atoms with Gasteiger partial charge in [-0.3, -0.25) is 4.99 Å². The molecule has 1 rings (SSSR count). The Morgan fingerprint density at radius 3 is 2.76 bits per heavy atom. The lowest BCUT2D eigenvalue weighted by atomic mass is 10.1. The number of nitrogens with zero attached hydrogens (tertiary/aromatic N) is 1. The first-order valence-corrected chi connectivity index (χ1v) is 7.23. The van der Waals surface area contributed by atoms with Crippen LogP contribution in [0, 0.1) is 0 Å². The summed E-state index contributed by atoms with van der Waals surface area (Å²) in [5.41, 5.74) is -0.167.